The van der Waals surface area contributed by atoms with Crippen LogP contribution in [0.2, 0.25) is 0 Å². The summed E-state index contributed by atoms with van der Waals surface area (Å²) in [6, 6.07) is 20.4. The van der Waals surface area contributed by atoms with E-state index in [9.17, 15) is 4.79 Å². The lowest BCUT2D eigenvalue weighted by atomic mass is 9.68. The van der Waals surface area contributed by atoms with E-state index in [0.29, 0.717) is 0 Å². The van der Waals surface area contributed by atoms with Gasteiger partial charge < -0.3 is 4.90 Å². The molecule has 2 rings (SSSR count). The van der Waals surface area contributed by atoms with Gasteiger partial charge in [-0.2, -0.15) is 0 Å². The number of benzene rings is 2. The van der Waals surface area contributed by atoms with Gasteiger partial charge >= 0.3 is 0 Å². The average molecular weight is 376 g/mol. The van der Waals surface area contributed by atoms with Crippen LogP contribution in [0.1, 0.15) is 30.9 Å². The van der Waals surface area contributed by atoms with Crippen molar-refractivity contribution >= 4 is 22.8 Å². The zero-order valence-corrected chi connectivity index (χ0v) is 15.9. The number of halogens is 1. The fourth-order valence-electron chi connectivity index (χ4n) is 3.14. The largest absolute Gasteiger partial charge is 0.309 e. The van der Waals surface area contributed by atoms with Crippen LogP contribution >= 0.6 is 17.0 Å². The van der Waals surface area contributed by atoms with Crippen LogP contribution < -0.4 is 0 Å². The van der Waals surface area contributed by atoms with Gasteiger partial charge in [0.1, 0.15) is 5.78 Å². The van der Waals surface area contributed by atoms with E-state index in [1.165, 1.54) is 0 Å². The number of ketones is 1. The molecule has 0 spiro atoms. The SMILES string of the molecule is Br.CC(=O)C(CCCN(C)C)(c1ccccc1)c1ccccc1. The molecule has 2 aromatic rings. The van der Waals surface area contributed by atoms with E-state index in [1.54, 1.807) is 6.92 Å². The molecule has 0 aliphatic carbocycles. The Morgan fingerprint density at radius 2 is 1.35 bits per heavy atom. The molecule has 0 amide bonds. The first kappa shape index (κ1) is 19.6. The minimum atomic E-state index is -0.543. The molecule has 0 aromatic heterocycles. The van der Waals surface area contributed by atoms with Crippen LogP contribution in [0, 0.1) is 0 Å². The third kappa shape index (κ3) is 4.52. The normalized spacial score (nSPS) is 11.1. The summed E-state index contributed by atoms with van der Waals surface area (Å²) >= 11 is 0. The lowest BCUT2D eigenvalue weighted by molar-refractivity contribution is -0.121. The highest BCUT2D eigenvalue weighted by Crippen LogP contribution is 2.37. The van der Waals surface area contributed by atoms with Crippen LogP contribution in [-0.4, -0.2) is 31.3 Å². The average Bonchev–Trinajstić information content (AvgIpc) is 2.53. The zero-order chi connectivity index (χ0) is 16.0. The number of rotatable bonds is 7. The third-order valence-electron chi connectivity index (χ3n) is 4.29. The van der Waals surface area contributed by atoms with Crippen molar-refractivity contribution in [1.29, 1.82) is 0 Å². The number of carbonyl (C=O) groups excluding carboxylic acids is 1. The van der Waals surface area contributed by atoms with Gasteiger partial charge in [0.15, 0.2) is 0 Å². The topological polar surface area (TPSA) is 20.3 Å². The molecule has 0 unspecified atom stereocenters. The molecule has 2 aromatic carbocycles. The van der Waals surface area contributed by atoms with Gasteiger partial charge in [0.05, 0.1) is 5.41 Å². The maximum absolute atomic E-state index is 12.7. The second-order valence-electron chi connectivity index (χ2n) is 6.10. The van der Waals surface area contributed by atoms with Gasteiger partial charge in [-0.05, 0) is 51.5 Å². The molecule has 0 atom stereocenters. The lowest BCUT2D eigenvalue weighted by Gasteiger charge is -2.33. The van der Waals surface area contributed by atoms with E-state index in [0.717, 1.165) is 30.5 Å². The van der Waals surface area contributed by atoms with Gasteiger partial charge in [0.25, 0.3) is 0 Å². The second kappa shape index (κ2) is 8.99. The van der Waals surface area contributed by atoms with Crippen molar-refractivity contribution in [2.75, 3.05) is 20.6 Å². The second-order valence-corrected chi connectivity index (χ2v) is 6.10. The monoisotopic (exact) mass is 375 g/mol. The van der Waals surface area contributed by atoms with Gasteiger partial charge in [-0.15, -0.1) is 17.0 Å². The Balaban J connectivity index is 0.00000264. The molecular weight excluding hydrogens is 350 g/mol. The number of hydrogen-bond donors (Lipinski definition) is 0. The smallest absolute Gasteiger partial charge is 0.144 e. The summed E-state index contributed by atoms with van der Waals surface area (Å²) in [5, 5.41) is 0. The van der Waals surface area contributed by atoms with E-state index in [-0.39, 0.29) is 22.8 Å². The summed E-state index contributed by atoms with van der Waals surface area (Å²) in [5.74, 6) is 0.212. The van der Waals surface area contributed by atoms with Gasteiger partial charge in [-0.25, -0.2) is 0 Å². The van der Waals surface area contributed by atoms with Gasteiger partial charge in [0.2, 0.25) is 0 Å². The Kier molecular flexibility index (Phi) is 7.66. The van der Waals surface area contributed by atoms with Crippen LogP contribution in [0.25, 0.3) is 0 Å². The fraction of sp³-hybridized carbons (Fsp3) is 0.350. The molecule has 2 nitrogen and oxygen atoms in total. The summed E-state index contributed by atoms with van der Waals surface area (Å²) in [6.07, 6.45) is 1.81. The predicted octanol–water partition coefficient (Wildman–Crippen LogP) is 4.48. The zero-order valence-electron chi connectivity index (χ0n) is 14.2. The molecule has 0 radical (unpaired) electrons. The highest BCUT2D eigenvalue weighted by Gasteiger charge is 2.38. The molecule has 124 valence electrons. The minimum absolute atomic E-state index is 0. The van der Waals surface area contributed by atoms with E-state index in [4.69, 9.17) is 0 Å². The van der Waals surface area contributed by atoms with Crippen LogP contribution in [0.15, 0.2) is 60.7 Å². The van der Waals surface area contributed by atoms with Crippen LogP contribution in [0.3, 0.4) is 0 Å². The molecule has 0 bridgehead atoms. The van der Waals surface area contributed by atoms with Crippen molar-refractivity contribution < 1.29 is 4.79 Å². The van der Waals surface area contributed by atoms with Gasteiger partial charge in [0, 0.05) is 0 Å². The molecule has 3 heteroatoms. The molecule has 0 saturated heterocycles. The van der Waals surface area contributed by atoms with Crippen molar-refractivity contribution in [3.63, 3.8) is 0 Å². The molecule has 0 heterocycles. The Morgan fingerprint density at radius 1 is 0.913 bits per heavy atom. The summed E-state index contributed by atoms with van der Waals surface area (Å²) in [7, 11) is 4.14. The Morgan fingerprint density at radius 3 is 1.70 bits per heavy atom. The minimum Gasteiger partial charge on any atom is -0.309 e. The summed E-state index contributed by atoms with van der Waals surface area (Å²) < 4.78 is 0. The fourth-order valence-corrected chi connectivity index (χ4v) is 3.14. The van der Waals surface area contributed by atoms with Crippen molar-refractivity contribution in [3.05, 3.63) is 71.8 Å². The molecule has 0 N–H and O–H groups in total. The highest BCUT2D eigenvalue weighted by molar-refractivity contribution is 8.93. The third-order valence-corrected chi connectivity index (χ3v) is 4.29. The van der Waals surface area contributed by atoms with Crippen LogP contribution in [0.5, 0.6) is 0 Å². The van der Waals surface area contributed by atoms with Gasteiger partial charge in [-0.1, -0.05) is 60.7 Å². The number of hydrogen-bond acceptors (Lipinski definition) is 2. The molecule has 0 aliphatic heterocycles. The van der Waals surface area contributed by atoms with Gasteiger partial charge in [-0.3, -0.25) is 4.79 Å². The first-order valence-electron chi connectivity index (χ1n) is 7.84. The lowest BCUT2D eigenvalue weighted by Crippen LogP contribution is -2.36. The van der Waals surface area contributed by atoms with E-state index in [1.807, 2.05) is 36.4 Å². The Labute approximate surface area is 150 Å². The summed E-state index contributed by atoms with van der Waals surface area (Å²) in [5.41, 5.74) is 1.64. The first-order valence-corrected chi connectivity index (χ1v) is 7.84. The van der Waals surface area contributed by atoms with E-state index in [2.05, 4.69) is 43.3 Å². The molecule has 0 saturated carbocycles. The predicted molar refractivity (Wildman–Crippen MR) is 102 cm³/mol. The van der Waals surface area contributed by atoms with Crippen LogP contribution in [0.4, 0.5) is 0 Å². The van der Waals surface area contributed by atoms with Crippen molar-refractivity contribution in [2.24, 2.45) is 0 Å². The standard InChI is InChI=1S/C20H25NO.BrH/c1-17(22)20(15-10-16-21(2)3,18-11-6-4-7-12-18)19-13-8-5-9-14-19;/h4-9,11-14H,10,15-16H2,1-3H3;1H. The van der Waals surface area contributed by atoms with E-state index < -0.39 is 5.41 Å². The number of Topliss-reactive ketones (excluding diaryl/α,β-unsaturated/α-hetero) is 1. The molecule has 0 aliphatic rings. The van der Waals surface area contributed by atoms with Crippen molar-refractivity contribution in [2.45, 2.75) is 25.2 Å². The summed E-state index contributed by atoms with van der Waals surface area (Å²) in [4.78, 5) is 14.9. The van der Waals surface area contributed by atoms with E-state index >= 15 is 0 Å². The molecular formula is C20H26BrNO. The van der Waals surface area contributed by atoms with Crippen molar-refractivity contribution in [3.8, 4) is 0 Å². The highest BCUT2D eigenvalue weighted by atomic mass is 79.9. The Bertz CT molecular complexity index is 556. The van der Waals surface area contributed by atoms with Crippen molar-refractivity contribution in [1.82, 2.24) is 4.90 Å². The molecule has 23 heavy (non-hydrogen) atoms. The maximum Gasteiger partial charge on any atom is 0.144 e. The maximum atomic E-state index is 12.7. The molecule has 0 fully saturated rings. The number of carbonyl (C=O) groups is 1. The number of nitrogens with zero attached hydrogens (tertiary/aromatic N) is 1. The summed E-state index contributed by atoms with van der Waals surface area (Å²) in [6.45, 7) is 2.70. The Hall–Kier alpha value is -1.45. The van der Waals surface area contributed by atoms with Crippen LogP contribution in [-0.2, 0) is 10.2 Å². The quantitative estimate of drug-likeness (QED) is 0.710. The first-order chi connectivity index (χ1) is 10.6.